The average Bonchev–Trinajstić information content (AvgIpc) is 2.40. The monoisotopic (exact) mass is 345 g/mol. The molecule has 2 aromatic heterocycles. The van der Waals surface area contributed by atoms with Crippen molar-refractivity contribution >= 4 is 21.7 Å². The summed E-state index contributed by atoms with van der Waals surface area (Å²) in [5, 5.41) is 2.72. The number of pyridine rings is 2. The first-order valence-corrected chi connectivity index (χ1v) is 6.61. The summed E-state index contributed by atoms with van der Waals surface area (Å²) < 4.78 is 38.9. The number of anilines is 1. The maximum atomic E-state index is 12.9. The smallest absolute Gasteiger partial charge is 0.369 e. The van der Waals surface area contributed by atoms with Crippen molar-refractivity contribution in [3.8, 4) is 0 Å². The largest absolute Gasteiger partial charge is 0.419 e. The van der Waals surface area contributed by atoms with Crippen molar-refractivity contribution in [3.05, 3.63) is 52.4 Å². The van der Waals surface area contributed by atoms with Gasteiger partial charge in [0.25, 0.3) is 0 Å². The van der Waals surface area contributed by atoms with Crippen LogP contribution >= 0.6 is 15.9 Å². The van der Waals surface area contributed by atoms with Crippen LogP contribution < -0.4 is 5.32 Å². The lowest BCUT2D eigenvalue weighted by atomic mass is 10.2. The molecule has 0 aliphatic rings. The van der Waals surface area contributed by atoms with Crippen LogP contribution in [-0.2, 0) is 12.6 Å². The Morgan fingerprint density at radius 2 is 1.90 bits per heavy atom. The number of halogens is 4. The third kappa shape index (κ3) is 3.93. The average molecular weight is 346 g/mol. The highest BCUT2D eigenvalue weighted by Gasteiger charge is 2.34. The van der Waals surface area contributed by atoms with Crippen molar-refractivity contribution in [1.29, 1.82) is 0 Å². The van der Waals surface area contributed by atoms with E-state index in [9.17, 15) is 13.2 Å². The summed E-state index contributed by atoms with van der Waals surface area (Å²) in [5.41, 5.74) is 0.222. The van der Waals surface area contributed by atoms with Gasteiger partial charge in [0.1, 0.15) is 5.82 Å². The maximum Gasteiger partial charge on any atom is 0.419 e. The highest BCUT2D eigenvalue weighted by Crippen LogP contribution is 2.35. The molecule has 2 aromatic rings. The Kier molecular flexibility index (Phi) is 4.59. The lowest BCUT2D eigenvalue weighted by molar-refractivity contribution is -0.137. The fraction of sp³-hybridized carbons (Fsp3) is 0.231. The second-order valence-corrected chi connectivity index (χ2v) is 5.00. The van der Waals surface area contributed by atoms with Crippen LogP contribution in [0.15, 0.2) is 41.3 Å². The molecule has 0 aliphatic heterocycles. The minimum absolute atomic E-state index is 0.158. The van der Waals surface area contributed by atoms with Gasteiger partial charge in [0.15, 0.2) is 0 Å². The first-order chi connectivity index (χ1) is 9.47. The topological polar surface area (TPSA) is 37.8 Å². The zero-order valence-electron chi connectivity index (χ0n) is 10.3. The highest BCUT2D eigenvalue weighted by molar-refractivity contribution is 9.10. The molecule has 0 bridgehead atoms. The highest BCUT2D eigenvalue weighted by atomic mass is 79.9. The Bertz CT molecular complexity index is 573. The van der Waals surface area contributed by atoms with Crippen molar-refractivity contribution in [2.75, 3.05) is 11.9 Å². The summed E-state index contributed by atoms with van der Waals surface area (Å²) in [4.78, 5) is 7.67. The van der Waals surface area contributed by atoms with Crippen LogP contribution in [0.4, 0.5) is 19.0 Å². The first-order valence-electron chi connectivity index (χ1n) is 5.82. The van der Waals surface area contributed by atoms with Gasteiger partial charge in [-0.25, -0.2) is 4.98 Å². The van der Waals surface area contributed by atoms with Crippen molar-refractivity contribution in [2.24, 2.45) is 0 Å². The number of nitrogens with one attached hydrogen (secondary N) is 1. The number of rotatable bonds is 4. The van der Waals surface area contributed by atoms with Gasteiger partial charge in [-0.3, -0.25) is 4.98 Å². The molecule has 7 heteroatoms. The molecule has 0 fully saturated rings. The molecule has 0 aliphatic carbocycles. The van der Waals surface area contributed by atoms with Gasteiger partial charge in [-0.15, -0.1) is 0 Å². The SMILES string of the molecule is FC(F)(F)c1cc(Br)cnc1NCCc1ccncc1. The molecule has 0 radical (unpaired) electrons. The van der Waals surface area contributed by atoms with E-state index in [0.717, 1.165) is 11.6 Å². The van der Waals surface area contributed by atoms with E-state index in [-0.39, 0.29) is 5.82 Å². The van der Waals surface area contributed by atoms with Gasteiger partial charge in [-0.1, -0.05) is 0 Å². The number of aromatic nitrogens is 2. The zero-order chi connectivity index (χ0) is 14.6. The minimum atomic E-state index is -4.43. The van der Waals surface area contributed by atoms with E-state index in [2.05, 4.69) is 31.2 Å². The molecule has 3 nitrogen and oxygen atoms in total. The molecule has 106 valence electrons. The van der Waals surface area contributed by atoms with Crippen LogP contribution in [0, 0.1) is 0 Å². The van der Waals surface area contributed by atoms with Crippen LogP contribution in [0.5, 0.6) is 0 Å². The molecular weight excluding hydrogens is 335 g/mol. The van der Waals surface area contributed by atoms with Gasteiger partial charge in [-0.05, 0) is 46.1 Å². The lowest BCUT2D eigenvalue weighted by Crippen LogP contribution is -2.14. The summed E-state index contributed by atoms with van der Waals surface area (Å²) in [6.07, 6.45) is 0.792. The van der Waals surface area contributed by atoms with E-state index in [4.69, 9.17) is 0 Å². The predicted octanol–water partition coefficient (Wildman–Crippen LogP) is 3.91. The summed E-state index contributed by atoms with van der Waals surface area (Å²) in [5.74, 6) is -0.158. The molecule has 0 aromatic carbocycles. The van der Waals surface area contributed by atoms with Crippen LogP contribution in [0.25, 0.3) is 0 Å². The summed E-state index contributed by atoms with van der Waals surface area (Å²) in [7, 11) is 0. The maximum absolute atomic E-state index is 12.9. The fourth-order valence-electron chi connectivity index (χ4n) is 1.67. The quantitative estimate of drug-likeness (QED) is 0.912. The van der Waals surface area contributed by atoms with E-state index in [0.29, 0.717) is 17.4 Å². The molecule has 1 N–H and O–H groups in total. The third-order valence-electron chi connectivity index (χ3n) is 2.62. The van der Waals surface area contributed by atoms with E-state index in [1.54, 1.807) is 12.4 Å². The molecule has 0 saturated carbocycles. The van der Waals surface area contributed by atoms with E-state index in [1.807, 2.05) is 12.1 Å². The molecular formula is C13H11BrF3N3. The van der Waals surface area contributed by atoms with Gasteiger partial charge in [-0.2, -0.15) is 13.2 Å². The summed E-state index contributed by atoms with van der Waals surface area (Å²) >= 11 is 3.00. The molecule has 0 unspecified atom stereocenters. The second kappa shape index (κ2) is 6.21. The van der Waals surface area contributed by atoms with E-state index >= 15 is 0 Å². The van der Waals surface area contributed by atoms with Gasteiger partial charge < -0.3 is 5.32 Å². The summed E-state index contributed by atoms with van der Waals surface area (Å²) in [6, 6.07) is 4.66. The summed E-state index contributed by atoms with van der Waals surface area (Å²) in [6.45, 7) is 0.363. The van der Waals surface area contributed by atoms with Crippen LogP contribution in [0.1, 0.15) is 11.1 Å². The normalized spacial score (nSPS) is 11.4. The van der Waals surface area contributed by atoms with Crippen LogP contribution in [0.2, 0.25) is 0 Å². The Morgan fingerprint density at radius 3 is 2.55 bits per heavy atom. The van der Waals surface area contributed by atoms with Gasteiger partial charge in [0.05, 0.1) is 5.56 Å². The first kappa shape index (κ1) is 14.8. The van der Waals surface area contributed by atoms with Gasteiger partial charge in [0.2, 0.25) is 0 Å². The Balaban J connectivity index is 2.06. The Morgan fingerprint density at radius 1 is 1.20 bits per heavy atom. The minimum Gasteiger partial charge on any atom is -0.369 e. The number of alkyl halides is 3. The second-order valence-electron chi connectivity index (χ2n) is 4.08. The zero-order valence-corrected chi connectivity index (χ0v) is 11.9. The van der Waals surface area contributed by atoms with Crippen molar-refractivity contribution in [1.82, 2.24) is 9.97 Å². The lowest BCUT2D eigenvalue weighted by Gasteiger charge is -2.13. The molecule has 0 saturated heterocycles. The number of hydrogen-bond acceptors (Lipinski definition) is 3. The van der Waals surface area contributed by atoms with Crippen molar-refractivity contribution < 1.29 is 13.2 Å². The number of hydrogen-bond donors (Lipinski definition) is 1. The van der Waals surface area contributed by atoms with Crippen molar-refractivity contribution in [3.63, 3.8) is 0 Å². The van der Waals surface area contributed by atoms with Gasteiger partial charge in [0, 0.05) is 29.6 Å². The van der Waals surface area contributed by atoms with E-state index < -0.39 is 11.7 Å². The molecule has 0 amide bonds. The molecule has 0 atom stereocenters. The van der Waals surface area contributed by atoms with Crippen LogP contribution in [0.3, 0.4) is 0 Å². The van der Waals surface area contributed by atoms with Crippen LogP contribution in [-0.4, -0.2) is 16.5 Å². The van der Waals surface area contributed by atoms with E-state index in [1.165, 1.54) is 6.20 Å². The fourth-order valence-corrected chi connectivity index (χ4v) is 2.00. The van der Waals surface area contributed by atoms with Gasteiger partial charge >= 0.3 is 6.18 Å². The van der Waals surface area contributed by atoms with Crippen molar-refractivity contribution in [2.45, 2.75) is 12.6 Å². The molecule has 0 spiro atoms. The Labute approximate surface area is 122 Å². The third-order valence-corrected chi connectivity index (χ3v) is 3.05. The molecule has 2 rings (SSSR count). The molecule has 20 heavy (non-hydrogen) atoms. The standard InChI is InChI=1S/C13H11BrF3N3/c14-10-7-11(13(15,16)17)12(20-8-10)19-6-3-9-1-4-18-5-2-9/h1-2,4-5,7-8H,3,6H2,(H,19,20). The predicted molar refractivity (Wildman–Crippen MR) is 73.4 cm³/mol. The number of nitrogens with zero attached hydrogens (tertiary/aromatic N) is 2. The Hall–Kier alpha value is -1.63. The molecule has 2 heterocycles.